The third kappa shape index (κ3) is 4.07. The van der Waals surface area contributed by atoms with Gasteiger partial charge in [-0.25, -0.2) is 19.9 Å². The summed E-state index contributed by atoms with van der Waals surface area (Å²) >= 11 is 1.68. The molecule has 6 heteroatoms. The van der Waals surface area contributed by atoms with E-state index in [1.807, 2.05) is 78.9 Å². The summed E-state index contributed by atoms with van der Waals surface area (Å²) in [5.74, 6) is 1.91. The summed E-state index contributed by atoms with van der Waals surface area (Å²) in [6, 6.07) is 45.2. The molecule has 0 aliphatic rings. The van der Waals surface area contributed by atoms with E-state index >= 15 is 0 Å². The van der Waals surface area contributed by atoms with E-state index in [-0.39, 0.29) is 0 Å². The summed E-state index contributed by atoms with van der Waals surface area (Å²) in [6.07, 6.45) is 0. The molecule has 0 radical (unpaired) electrons. The van der Waals surface area contributed by atoms with E-state index in [1.165, 1.54) is 0 Å². The maximum Gasteiger partial charge on any atom is 0.164 e. The number of aromatic nitrogens is 4. The van der Waals surface area contributed by atoms with Crippen molar-refractivity contribution < 1.29 is 4.42 Å². The summed E-state index contributed by atoms with van der Waals surface area (Å²) in [5.41, 5.74) is 6.51. The van der Waals surface area contributed by atoms with E-state index in [9.17, 15) is 0 Å². The summed E-state index contributed by atoms with van der Waals surface area (Å²) in [4.78, 5) is 19.9. The van der Waals surface area contributed by atoms with Gasteiger partial charge in [0.15, 0.2) is 17.5 Å². The molecule has 0 spiro atoms. The SMILES string of the molecule is c1ccc(-c2nc(-c3ccccc3)nc(-c3ccc4ccc5sc(-c6cccc7c6oc6ccccc67)nc5c4c3)n2)cc1. The van der Waals surface area contributed by atoms with Crippen LogP contribution in [0.25, 0.3) is 87.7 Å². The quantitative estimate of drug-likeness (QED) is 0.207. The van der Waals surface area contributed by atoms with Crippen LogP contribution in [0.5, 0.6) is 0 Å². The van der Waals surface area contributed by atoms with E-state index in [0.717, 1.165) is 70.2 Å². The molecular formula is C38H22N4OS. The number of furan rings is 1. The Bertz CT molecular complexity index is 2440. The Kier molecular flexibility index (Phi) is 5.61. The lowest BCUT2D eigenvalue weighted by atomic mass is 10.1. The lowest BCUT2D eigenvalue weighted by molar-refractivity contribution is 0.670. The first-order valence-electron chi connectivity index (χ1n) is 14.4. The van der Waals surface area contributed by atoms with E-state index in [0.29, 0.717) is 17.5 Å². The molecule has 0 fully saturated rings. The molecular weight excluding hydrogens is 561 g/mol. The highest BCUT2D eigenvalue weighted by Crippen LogP contribution is 2.40. The van der Waals surface area contributed by atoms with Gasteiger partial charge in [0.25, 0.3) is 0 Å². The minimum atomic E-state index is 0.624. The smallest absolute Gasteiger partial charge is 0.164 e. The molecule has 0 saturated heterocycles. The van der Waals surface area contributed by atoms with Crippen molar-refractivity contribution in [2.75, 3.05) is 0 Å². The highest BCUT2D eigenvalue weighted by molar-refractivity contribution is 7.21. The number of hydrogen-bond donors (Lipinski definition) is 0. The van der Waals surface area contributed by atoms with Crippen LogP contribution >= 0.6 is 11.3 Å². The van der Waals surface area contributed by atoms with Crippen LogP contribution in [-0.2, 0) is 0 Å². The molecule has 0 aliphatic heterocycles. The van der Waals surface area contributed by atoms with Gasteiger partial charge in [0.2, 0.25) is 0 Å². The Hall–Kier alpha value is -5.72. The molecule has 6 aromatic carbocycles. The van der Waals surface area contributed by atoms with Crippen molar-refractivity contribution in [2.24, 2.45) is 0 Å². The zero-order chi connectivity index (χ0) is 29.0. The van der Waals surface area contributed by atoms with Crippen molar-refractivity contribution in [3.63, 3.8) is 0 Å². The van der Waals surface area contributed by atoms with Crippen molar-refractivity contribution in [3.05, 3.63) is 133 Å². The monoisotopic (exact) mass is 582 g/mol. The summed E-state index contributed by atoms with van der Waals surface area (Å²) in [7, 11) is 0. The van der Waals surface area contributed by atoms with Crippen LogP contribution in [-0.4, -0.2) is 19.9 Å². The molecule has 9 rings (SSSR count). The van der Waals surface area contributed by atoms with Gasteiger partial charge < -0.3 is 4.42 Å². The van der Waals surface area contributed by atoms with Crippen molar-refractivity contribution in [2.45, 2.75) is 0 Å². The fourth-order valence-corrected chi connectivity index (χ4v) is 6.82. The fourth-order valence-electron chi connectivity index (χ4n) is 5.82. The molecule has 0 saturated carbocycles. The third-order valence-corrected chi connectivity index (χ3v) is 9.02. The Morgan fingerprint density at radius 3 is 1.86 bits per heavy atom. The van der Waals surface area contributed by atoms with Gasteiger partial charge in [-0.1, -0.05) is 109 Å². The molecule has 0 N–H and O–H groups in total. The highest BCUT2D eigenvalue weighted by Gasteiger charge is 2.17. The van der Waals surface area contributed by atoms with Crippen LogP contribution in [0.3, 0.4) is 0 Å². The Morgan fingerprint density at radius 2 is 1.11 bits per heavy atom. The second-order valence-electron chi connectivity index (χ2n) is 10.7. The van der Waals surface area contributed by atoms with E-state index in [4.69, 9.17) is 24.4 Å². The van der Waals surface area contributed by atoms with Crippen molar-refractivity contribution >= 4 is 54.3 Å². The number of thiazole rings is 1. The number of hydrogen-bond acceptors (Lipinski definition) is 6. The van der Waals surface area contributed by atoms with Crippen LogP contribution in [0, 0.1) is 0 Å². The predicted molar refractivity (Wildman–Crippen MR) is 180 cm³/mol. The highest BCUT2D eigenvalue weighted by atomic mass is 32.1. The number of nitrogens with zero attached hydrogens (tertiary/aromatic N) is 4. The molecule has 0 aliphatic carbocycles. The van der Waals surface area contributed by atoms with Gasteiger partial charge >= 0.3 is 0 Å². The molecule has 5 nitrogen and oxygen atoms in total. The van der Waals surface area contributed by atoms with Crippen LogP contribution < -0.4 is 0 Å². The molecule has 0 atom stereocenters. The zero-order valence-corrected chi connectivity index (χ0v) is 24.1. The second-order valence-corrected chi connectivity index (χ2v) is 11.7. The molecule has 44 heavy (non-hydrogen) atoms. The minimum Gasteiger partial charge on any atom is -0.455 e. The van der Waals surface area contributed by atoms with Gasteiger partial charge in [-0.3, -0.25) is 0 Å². The number of para-hydroxylation sites is 2. The van der Waals surface area contributed by atoms with Crippen LogP contribution in [0.2, 0.25) is 0 Å². The Labute approximate surface area is 256 Å². The van der Waals surface area contributed by atoms with Gasteiger partial charge in [0, 0.05) is 32.8 Å². The zero-order valence-electron chi connectivity index (χ0n) is 23.3. The van der Waals surface area contributed by atoms with Gasteiger partial charge in [-0.2, -0.15) is 0 Å². The van der Waals surface area contributed by atoms with Gasteiger partial charge in [-0.15, -0.1) is 11.3 Å². The largest absolute Gasteiger partial charge is 0.455 e. The third-order valence-electron chi connectivity index (χ3n) is 7.97. The first-order chi connectivity index (χ1) is 21.8. The molecule has 0 amide bonds. The first kappa shape index (κ1) is 24.8. The Balaban J connectivity index is 1.22. The average Bonchev–Trinajstić information content (AvgIpc) is 3.71. The number of benzene rings is 6. The van der Waals surface area contributed by atoms with Gasteiger partial charge in [0.1, 0.15) is 16.2 Å². The van der Waals surface area contributed by atoms with Gasteiger partial charge in [0.05, 0.1) is 15.8 Å². The van der Waals surface area contributed by atoms with Gasteiger partial charge in [-0.05, 0) is 29.7 Å². The standard InChI is InChI=1S/C38H22N4OS/c1-3-10-24(11-4-1)35-40-36(25-12-5-2-6-13-25)42-37(41-35)26-19-18-23-20-21-32-33(30(23)22-26)39-38(44-32)29-16-9-15-28-27-14-7-8-17-31(27)43-34(28)29/h1-22H. The Morgan fingerprint density at radius 1 is 0.477 bits per heavy atom. The molecule has 9 aromatic rings. The van der Waals surface area contributed by atoms with Crippen LogP contribution in [0.1, 0.15) is 0 Å². The molecule has 0 bridgehead atoms. The molecule has 3 heterocycles. The second kappa shape index (κ2) is 9.93. The predicted octanol–water partition coefficient (Wildman–Crippen LogP) is 10.2. The number of rotatable bonds is 4. The van der Waals surface area contributed by atoms with Crippen LogP contribution in [0.4, 0.5) is 0 Å². The van der Waals surface area contributed by atoms with Crippen molar-refractivity contribution in [3.8, 4) is 44.7 Å². The average molecular weight is 583 g/mol. The molecule has 3 aromatic heterocycles. The maximum atomic E-state index is 6.34. The lowest BCUT2D eigenvalue weighted by Gasteiger charge is -2.09. The number of fused-ring (bicyclic) bond motifs is 6. The maximum absolute atomic E-state index is 6.34. The summed E-state index contributed by atoms with van der Waals surface area (Å²) < 4.78 is 7.45. The summed E-state index contributed by atoms with van der Waals surface area (Å²) in [6.45, 7) is 0. The minimum absolute atomic E-state index is 0.624. The topological polar surface area (TPSA) is 64.7 Å². The van der Waals surface area contributed by atoms with E-state index < -0.39 is 0 Å². The molecule has 206 valence electrons. The molecule has 0 unspecified atom stereocenters. The van der Waals surface area contributed by atoms with Crippen molar-refractivity contribution in [1.82, 2.24) is 19.9 Å². The fraction of sp³-hybridized carbons (Fsp3) is 0. The van der Waals surface area contributed by atoms with E-state index in [1.54, 1.807) is 11.3 Å². The van der Waals surface area contributed by atoms with Crippen molar-refractivity contribution in [1.29, 1.82) is 0 Å². The van der Waals surface area contributed by atoms with Crippen LogP contribution in [0.15, 0.2) is 138 Å². The lowest BCUT2D eigenvalue weighted by Crippen LogP contribution is -2.00. The van der Waals surface area contributed by atoms with E-state index in [2.05, 4.69) is 54.6 Å². The normalized spacial score (nSPS) is 11.6. The summed E-state index contributed by atoms with van der Waals surface area (Å²) in [5, 5.41) is 5.31. The first-order valence-corrected chi connectivity index (χ1v) is 15.2.